The third-order valence-corrected chi connectivity index (χ3v) is 6.88. The summed E-state index contributed by atoms with van der Waals surface area (Å²) >= 11 is 0. The molecule has 0 radical (unpaired) electrons. The molecule has 0 fully saturated rings. The van der Waals surface area contributed by atoms with E-state index in [-0.39, 0.29) is 18.6 Å². The van der Waals surface area contributed by atoms with E-state index in [0.29, 0.717) is 18.8 Å². The van der Waals surface area contributed by atoms with Crippen molar-refractivity contribution in [1.82, 2.24) is 19.4 Å². The number of carbonyl (C=O) groups is 1. The van der Waals surface area contributed by atoms with E-state index in [2.05, 4.69) is 28.2 Å². The van der Waals surface area contributed by atoms with Crippen LogP contribution in [-0.4, -0.2) is 43.6 Å². The summed E-state index contributed by atoms with van der Waals surface area (Å²) in [5.74, 6) is -0.0639. The average Bonchev–Trinajstić information content (AvgIpc) is 3.50. The van der Waals surface area contributed by atoms with Crippen molar-refractivity contribution in [3.8, 4) is 22.3 Å². The number of H-pyrrole nitrogens is 1. The highest BCUT2D eigenvalue weighted by Crippen LogP contribution is 2.34. The summed E-state index contributed by atoms with van der Waals surface area (Å²) in [7, 11) is 0. The number of aromatic nitrogens is 3. The van der Waals surface area contributed by atoms with Gasteiger partial charge in [0.15, 0.2) is 0 Å². The third kappa shape index (κ3) is 3.72. The van der Waals surface area contributed by atoms with Gasteiger partial charge in [0.25, 0.3) is 5.91 Å². The lowest BCUT2D eigenvalue weighted by Crippen LogP contribution is -2.43. The standard InChI is InChI=1S/C29H26N4O2/c1-19-6-5-9-21(12-19)27(18-34)33-11-10-32-17-23(14-26(32)29(33)35)25-16-31-28-24(25)13-22(15-30-28)20-7-3-2-4-8-20/h2-9,12-17,27,34H,10-11,18H2,1H3,(H,30,31)/t27-/m1/s1. The Morgan fingerprint density at radius 3 is 2.66 bits per heavy atom. The van der Waals surface area contributed by atoms with Crippen LogP contribution < -0.4 is 0 Å². The Kier molecular flexibility index (Phi) is 5.23. The molecule has 0 aliphatic carbocycles. The first-order valence-corrected chi connectivity index (χ1v) is 11.8. The van der Waals surface area contributed by atoms with E-state index in [0.717, 1.165) is 44.4 Å². The average molecular weight is 463 g/mol. The Bertz CT molecular complexity index is 1530. The molecule has 1 aliphatic rings. The maximum absolute atomic E-state index is 13.5. The Morgan fingerprint density at radius 2 is 1.86 bits per heavy atom. The minimum absolute atomic E-state index is 0.0639. The summed E-state index contributed by atoms with van der Waals surface area (Å²) in [5, 5.41) is 11.2. The minimum atomic E-state index is -0.361. The van der Waals surface area contributed by atoms with E-state index in [4.69, 9.17) is 0 Å². The fourth-order valence-electron chi connectivity index (χ4n) is 5.08. The van der Waals surface area contributed by atoms with Gasteiger partial charge in [0, 0.05) is 53.8 Å². The molecule has 3 aromatic heterocycles. The van der Waals surface area contributed by atoms with Crippen LogP contribution in [0, 0.1) is 6.92 Å². The molecule has 1 aliphatic heterocycles. The number of nitrogens with zero attached hydrogens (tertiary/aromatic N) is 3. The Morgan fingerprint density at radius 1 is 1.00 bits per heavy atom. The van der Waals surface area contributed by atoms with Crippen LogP contribution in [0.3, 0.4) is 0 Å². The zero-order chi connectivity index (χ0) is 23.9. The van der Waals surface area contributed by atoms with Gasteiger partial charge in [-0.1, -0.05) is 60.2 Å². The van der Waals surface area contributed by atoms with Gasteiger partial charge in [0.1, 0.15) is 11.3 Å². The highest BCUT2D eigenvalue weighted by atomic mass is 16.3. The minimum Gasteiger partial charge on any atom is -0.394 e. The van der Waals surface area contributed by atoms with Crippen molar-refractivity contribution in [2.24, 2.45) is 0 Å². The number of hydrogen-bond donors (Lipinski definition) is 2. The van der Waals surface area contributed by atoms with E-state index in [1.165, 1.54) is 0 Å². The molecule has 0 saturated heterocycles. The second-order valence-corrected chi connectivity index (χ2v) is 9.11. The number of benzene rings is 2. The summed E-state index contributed by atoms with van der Waals surface area (Å²) in [6, 6.07) is 21.9. The summed E-state index contributed by atoms with van der Waals surface area (Å²) in [5.41, 5.74) is 7.68. The predicted molar refractivity (Wildman–Crippen MR) is 137 cm³/mol. The Hall–Kier alpha value is -4.16. The van der Waals surface area contributed by atoms with Gasteiger partial charge < -0.3 is 19.6 Å². The molecule has 2 aromatic carbocycles. The molecule has 2 N–H and O–H groups in total. The molecule has 5 aromatic rings. The van der Waals surface area contributed by atoms with Crippen molar-refractivity contribution >= 4 is 16.9 Å². The van der Waals surface area contributed by atoms with Gasteiger partial charge in [-0.15, -0.1) is 0 Å². The molecule has 35 heavy (non-hydrogen) atoms. The Labute approximate surface area is 203 Å². The van der Waals surface area contributed by atoms with Crippen LogP contribution in [0.2, 0.25) is 0 Å². The molecule has 6 heteroatoms. The fraction of sp³-hybridized carbons (Fsp3) is 0.172. The van der Waals surface area contributed by atoms with Gasteiger partial charge in [0.05, 0.1) is 12.6 Å². The molecule has 6 nitrogen and oxygen atoms in total. The second kappa shape index (κ2) is 8.56. The zero-order valence-electron chi connectivity index (χ0n) is 19.5. The summed E-state index contributed by atoms with van der Waals surface area (Å²) < 4.78 is 2.02. The predicted octanol–water partition coefficient (Wildman–Crippen LogP) is 5.20. The van der Waals surface area contributed by atoms with Gasteiger partial charge in [0.2, 0.25) is 0 Å². The topological polar surface area (TPSA) is 74.2 Å². The number of hydrogen-bond acceptors (Lipinski definition) is 3. The highest BCUT2D eigenvalue weighted by molar-refractivity contribution is 5.99. The molecule has 4 heterocycles. The largest absolute Gasteiger partial charge is 0.394 e. The monoisotopic (exact) mass is 462 g/mol. The van der Waals surface area contributed by atoms with Gasteiger partial charge in [-0.25, -0.2) is 4.98 Å². The van der Waals surface area contributed by atoms with Crippen molar-refractivity contribution in [1.29, 1.82) is 0 Å². The number of nitrogens with one attached hydrogen (secondary N) is 1. The van der Waals surface area contributed by atoms with Gasteiger partial charge >= 0.3 is 0 Å². The van der Waals surface area contributed by atoms with Gasteiger partial charge in [-0.2, -0.15) is 0 Å². The number of fused-ring (bicyclic) bond motifs is 2. The first-order chi connectivity index (χ1) is 17.1. The summed E-state index contributed by atoms with van der Waals surface area (Å²) in [4.78, 5) is 23.2. The van der Waals surface area contributed by atoms with E-state index in [1.54, 1.807) is 4.90 Å². The van der Waals surface area contributed by atoms with Crippen LogP contribution in [0.5, 0.6) is 0 Å². The number of amides is 1. The number of aromatic amines is 1. The third-order valence-electron chi connectivity index (χ3n) is 6.88. The van der Waals surface area contributed by atoms with Crippen molar-refractivity contribution in [2.45, 2.75) is 19.5 Å². The van der Waals surface area contributed by atoms with Crippen LogP contribution in [-0.2, 0) is 6.54 Å². The summed E-state index contributed by atoms with van der Waals surface area (Å²) in [6.07, 6.45) is 5.88. The van der Waals surface area contributed by atoms with Crippen LogP contribution in [0.15, 0.2) is 85.3 Å². The molecule has 174 valence electrons. The lowest BCUT2D eigenvalue weighted by molar-refractivity contribution is 0.0526. The van der Waals surface area contributed by atoms with Crippen molar-refractivity contribution < 1.29 is 9.90 Å². The van der Waals surface area contributed by atoms with E-state index in [9.17, 15) is 9.90 Å². The molecule has 6 rings (SSSR count). The molecular formula is C29H26N4O2. The van der Waals surface area contributed by atoms with Gasteiger partial charge in [-0.05, 0) is 30.2 Å². The molecular weight excluding hydrogens is 436 g/mol. The molecule has 1 atom stereocenters. The van der Waals surface area contributed by atoms with Crippen molar-refractivity contribution in [3.05, 3.63) is 102 Å². The molecule has 0 unspecified atom stereocenters. The number of rotatable bonds is 5. The zero-order valence-corrected chi connectivity index (χ0v) is 19.5. The van der Waals surface area contributed by atoms with E-state index < -0.39 is 0 Å². The Balaban J connectivity index is 1.36. The van der Waals surface area contributed by atoms with E-state index >= 15 is 0 Å². The maximum Gasteiger partial charge on any atom is 0.271 e. The normalized spacial score (nSPS) is 14.3. The number of aliphatic hydroxyl groups is 1. The smallest absolute Gasteiger partial charge is 0.271 e. The molecule has 0 saturated carbocycles. The number of pyridine rings is 1. The molecule has 0 spiro atoms. The van der Waals surface area contributed by atoms with Crippen molar-refractivity contribution in [3.63, 3.8) is 0 Å². The number of carbonyl (C=O) groups excluding carboxylic acids is 1. The van der Waals surface area contributed by atoms with Crippen LogP contribution in [0.1, 0.15) is 27.7 Å². The quantitative estimate of drug-likeness (QED) is 0.377. The second-order valence-electron chi connectivity index (χ2n) is 9.11. The molecule has 1 amide bonds. The summed E-state index contributed by atoms with van der Waals surface area (Å²) in [6.45, 7) is 3.14. The maximum atomic E-state index is 13.5. The van der Waals surface area contributed by atoms with Crippen LogP contribution in [0.25, 0.3) is 33.3 Å². The number of aryl methyl sites for hydroxylation is 1. The van der Waals surface area contributed by atoms with Crippen LogP contribution in [0.4, 0.5) is 0 Å². The van der Waals surface area contributed by atoms with Crippen LogP contribution >= 0.6 is 0 Å². The lowest BCUT2D eigenvalue weighted by atomic mass is 10.0. The number of aliphatic hydroxyl groups excluding tert-OH is 1. The highest BCUT2D eigenvalue weighted by Gasteiger charge is 2.31. The first kappa shape index (κ1) is 21.4. The fourth-order valence-corrected chi connectivity index (χ4v) is 5.08. The SMILES string of the molecule is Cc1cccc([C@@H](CO)N2CCn3cc(-c4c[nH]c5ncc(-c6ccccc6)cc45)cc3C2=O)c1. The lowest BCUT2D eigenvalue weighted by Gasteiger charge is -2.34. The van der Waals surface area contributed by atoms with Gasteiger partial charge in [-0.3, -0.25) is 4.79 Å². The molecule has 0 bridgehead atoms. The first-order valence-electron chi connectivity index (χ1n) is 11.8. The van der Waals surface area contributed by atoms with Crippen molar-refractivity contribution in [2.75, 3.05) is 13.2 Å². The van der Waals surface area contributed by atoms with E-state index in [1.807, 2.05) is 78.6 Å².